The van der Waals surface area contributed by atoms with Gasteiger partial charge in [0.15, 0.2) is 5.78 Å². The second kappa shape index (κ2) is 9.05. The van der Waals surface area contributed by atoms with Crippen LogP contribution in [-0.2, 0) is 11.3 Å². The molecule has 0 atom stereocenters. The van der Waals surface area contributed by atoms with Gasteiger partial charge in [0.1, 0.15) is 27.3 Å². The number of aryl methyl sites for hydroxylation is 2. The number of benzene rings is 1. The number of hydrogen-bond donors (Lipinski definition) is 0. The van der Waals surface area contributed by atoms with Crippen LogP contribution >= 0.6 is 23.1 Å². The standard InChI is InChI=1S/C21H21F2N3O2S2/c1-12-13(2)30-21-19(12)20(24-18(25-21)10-26-5-7-28-8-6-26)29-11-17(27)15-9-14(22)3-4-16(15)23/h3-4,9H,5-8,10-11H2,1-2H3. The highest BCUT2D eigenvalue weighted by Crippen LogP contribution is 2.35. The van der Waals surface area contributed by atoms with E-state index in [0.717, 1.165) is 51.9 Å². The Kier molecular flexibility index (Phi) is 6.43. The van der Waals surface area contributed by atoms with Gasteiger partial charge in [-0.15, -0.1) is 11.3 Å². The van der Waals surface area contributed by atoms with E-state index in [1.54, 1.807) is 11.3 Å². The van der Waals surface area contributed by atoms with Crippen molar-refractivity contribution < 1.29 is 18.3 Å². The van der Waals surface area contributed by atoms with Crippen molar-refractivity contribution in [3.8, 4) is 0 Å². The maximum Gasteiger partial charge on any atom is 0.176 e. The van der Waals surface area contributed by atoms with Gasteiger partial charge in [0.2, 0.25) is 0 Å². The maximum atomic E-state index is 14.0. The first-order valence-corrected chi connectivity index (χ1v) is 11.4. The molecule has 0 N–H and O–H groups in total. The summed E-state index contributed by atoms with van der Waals surface area (Å²) in [6.07, 6.45) is 0. The summed E-state index contributed by atoms with van der Waals surface area (Å²) in [7, 11) is 0. The van der Waals surface area contributed by atoms with Gasteiger partial charge in [-0.25, -0.2) is 18.7 Å². The Labute approximate surface area is 181 Å². The lowest BCUT2D eigenvalue weighted by molar-refractivity contribution is 0.0330. The van der Waals surface area contributed by atoms with Crippen LogP contribution in [0.4, 0.5) is 8.78 Å². The second-order valence-electron chi connectivity index (χ2n) is 7.13. The number of thioether (sulfide) groups is 1. The average molecular weight is 450 g/mol. The SMILES string of the molecule is Cc1sc2nc(CN3CCOCC3)nc(SCC(=O)c3cc(F)ccc3F)c2c1C. The van der Waals surface area contributed by atoms with E-state index in [4.69, 9.17) is 14.7 Å². The van der Waals surface area contributed by atoms with Crippen LogP contribution in [0, 0.1) is 25.5 Å². The Bertz CT molecular complexity index is 1100. The molecule has 0 amide bonds. The van der Waals surface area contributed by atoms with Crippen molar-refractivity contribution in [2.24, 2.45) is 0 Å². The zero-order valence-electron chi connectivity index (χ0n) is 16.7. The number of ether oxygens (including phenoxy) is 1. The molecule has 9 heteroatoms. The monoisotopic (exact) mass is 449 g/mol. The Morgan fingerprint density at radius 3 is 2.77 bits per heavy atom. The van der Waals surface area contributed by atoms with E-state index in [0.29, 0.717) is 30.6 Å². The van der Waals surface area contributed by atoms with Crippen LogP contribution in [-0.4, -0.2) is 52.7 Å². The molecule has 1 aliphatic rings. The van der Waals surface area contributed by atoms with Gasteiger partial charge < -0.3 is 4.74 Å². The van der Waals surface area contributed by atoms with E-state index in [2.05, 4.69) is 4.90 Å². The molecular weight excluding hydrogens is 428 g/mol. The molecule has 2 aromatic heterocycles. The highest BCUT2D eigenvalue weighted by molar-refractivity contribution is 8.00. The number of carbonyl (C=O) groups excluding carboxylic acids is 1. The van der Waals surface area contributed by atoms with Gasteiger partial charge in [-0.05, 0) is 37.6 Å². The number of Topliss-reactive ketones (excluding diaryl/α,β-unsaturated/α-hetero) is 1. The zero-order chi connectivity index (χ0) is 21.3. The number of nitrogens with zero attached hydrogens (tertiary/aromatic N) is 3. The van der Waals surface area contributed by atoms with Gasteiger partial charge in [-0.2, -0.15) is 0 Å². The highest BCUT2D eigenvalue weighted by atomic mass is 32.2. The minimum absolute atomic E-state index is 0.0299. The smallest absolute Gasteiger partial charge is 0.176 e. The molecule has 1 saturated heterocycles. The highest BCUT2D eigenvalue weighted by Gasteiger charge is 2.20. The number of carbonyl (C=O) groups is 1. The number of thiophene rings is 1. The Morgan fingerprint density at radius 2 is 2.00 bits per heavy atom. The van der Waals surface area contributed by atoms with Crippen molar-refractivity contribution >= 4 is 39.1 Å². The molecule has 0 spiro atoms. The molecular formula is C21H21F2N3O2S2. The molecule has 1 aromatic carbocycles. The summed E-state index contributed by atoms with van der Waals surface area (Å²) >= 11 is 2.85. The van der Waals surface area contributed by atoms with Crippen LogP contribution in [0.3, 0.4) is 0 Å². The van der Waals surface area contributed by atoms with E-state index in [9.17, 15) is 13.6 Å². The summed E-state index contributed by atoms with van der Waals surface area (Å²) in [4.78, 5) is 26.3. The van der Waals surface area contributed by atoms with Crippen LogP contribution in [0.2, 0.25) is 0 Å². The van der Waals surface area contributed by atoms with Crippen LogP contribution in [0.1, 0.15) is 26.6 Å². The van der Waals surface area contributed by atoms with Crippen molar-refractivity contribution in [2.75, 3.05) is 32.1 Å². The lowest BCUT2D eigenvalue weighted by Gasteiger charge is -2.25. The molecule has 0 radical (unpaired) electrons. The summed E-state index contributed by atoms with van der Waals surface area (Å²) in [6.45, 7) is 7.68. The van der Waals surface area contributed by atoms with Gasteiger partial charge in [0.25, 0.3) is 0 Å². The second-order valence-corrected chi connectivity index (χ2v) is 9.30. The number of hydrogen-bond acceptors (Lipinski definition) is 7. The lowest BCUT2D eigenvalue weighted by Crippen LogP contribution is -2.36. The number of fused-ring (bicyclic) bond motifs is 1. The summed E-state index contributed by atoms with van der Waals surface area (Å²) in [5, 5.41) is 1.64. The molecule has 1 aliphatic heterocycles. The number of halogens is 2. The fourth-order valence-corrected chi connectivity index (χ4v) is 5.41. The van der Waals surface area contributed by atoms with E-state index >= 15 is 0 Å². The quantitative estimate of drug-likeness (QED) is 0.316. The summed E-state index contributed by atoms with van der Waals surface area (Å²) < 4.78 is 32.8. The van der Waals surface area contributed by atoms with Crippen LogP contribution in [0.25, 0.3) is 10.2 Å². The van der Waals surface area contributed by atoms with Gasteiger partial charge in [0.05, 0.1) is 31.1 Å². The number of aromatic nitrogens is 2. The summed E-state index contributed by atoms with van der Waals surface area (Å²) in [5.74, 6) is -1.16. The summed E-state index contributed by atoms with van der Waals surface area (Å²) in [6, 6.07) is 2.92. The van der Waals surface area contributed by atoms with Crippen molar-refractivity contribution in [2.45, 2.75) is 25.4 Å². The number of ketones is 1. The van der Waals surface area contributed by atoms with Gasteiger partial charge in [-0.3, -0.25) is 9.69 Å². The topological polar surface area (TPSA) is 55.3 Å². The fraction of sp³-hybridized carbons (Fsp3) is 0.381. The van der Waals surface area contributed by atoms with E-state index in [-0.39, 0.29) is 11.3 Å². The Morgan fingerprint density at radius 1 is 1.23 bits per heavy atom. The van der Waals surface area contributed by atoms with E-state index < -0.39 is 17.4 Å². The third-order valence-electron chi connectivity index (χ3n) is 5.08. The van der Waals surface area contributed by atoms with Gasteiger partial charge in [0, 0.05) is 23.4 Å². The molecule has 0 bridgehead atoms. The predicted octanol–water partition coefficient (Wildman–Crippen LogP) is 4.39. The molecule has 30 heavy (non-hydrogen) atoms. The van der Waals surface area contributed by atoms with Crippen LogP contribution < -0.4 is 0 Å². The molecule has 0 unspecified atom stereocenters. The Hall–Kier alpha value is -1.94. The molecule has 3 aromatic rings. The minimum atomic E-state index is -0.717. The van der Waals surface area contributed by atoms with Crippen molar-refractivity contribution in [1.82, 2.24) is 14.9 Å². The molecule has 158 valence electrons. The summed E-state index contributed by atoms with van der Waals surface area (Å²) in [5.41, 5.74) is 0.847. The first-order chi connectivity index (χ1) is 14.4. The van der Waals surface area contributed by atoms with Crippen molar-refractivity contribution in [1.29, 1.82) is 0 Å². The molecule has 1 fully saturated rings. The van der Waals surface area contributed by atoms with Gasteiger partial charge >= 0.3 is 0 Å². The van der Waals surface area contributed by atoms with Gasteiger partial charge in [-0.1, -0.05) is 11.8 Å². The minimum Gasteiger partial charge on any atom is -0.379 e. The normalized spacial score (nSPS) is 15.1. The third-order valence-corrected chi connectivity index (χ3v) is 7.16. The average Bonchev–Trinajstić information content (AvgIpc) is 3.02. The first kappa shape index (κ1) is 21.3. The molecule has 3 heterocycles. The Balaban J connectivity index is 1.61. The van der Waals surface area contributed by atoms with E-state index in [1.165, 1.54) is 11.8 Å². The van der Waals surface area contributed by atoms with Crippen molar-refractivity contribution in [3.05, 3.63) is 51.7 Å². The number of morpholine rings is 1. The molecule has 4 rings (SSSR count). The van der Waals surface area contributed by atoms with Crippen LogP contribution in [0.5, 0.6) is 0 Å². The molecule has 0 aliphatic carbocycles. The lowest BCUT2D eigenvalue weighted by atomic mass is 10.1. The molecule has 0 saturated carbocycles. The first-order valence-electron chi connectivity index (χ1n) is 9.60. The number of rotatable bonds is 6. The zero-order valence-corrected chi connectivity index (χ0v) is 18.3. The van der Waals surface area contributed by atoms with E-state index in [1.807, 2.05) is 13.8 Å². The largest absolute Gasteiger partial charge is 0.379 e. The predicted molar refractivity (Wildman–Crippen MR) is 114 cm³/mol. The van der Waals surface area contributed by atoms with Crippen molar-refractivity contribution in [3.63, 3.8) is 0 Å². The maximum absolute atomic E-state index is 14.0. The fourth-order valence-electron chi connectivity index (χ4n) is 3.31. The van der Waals surface area contributed by atoms with Crippen LogP contribution in [0.15, 0.2) is 23.2 Å². The third kappa shape index (κ3) is 4.54. The molecule has 5 nitrogen and oxygen atoms in total.